The Bertz CT molecular complexity index is 1160. The van der Waals surface area contributed by atoms with Crippen molar-refractivity contribution in [1.29, 1.82) is 0 Å². The first-order valence-electron chi connectivity index (χ1n) is 11.3. The summed E-state index contributed by atoms with van der Waals surface area (Å²) in [6.45, 7) is 8.23. The molecule has 0 spiro atoms. The van der Waals surface area contributed by atoms with Gasteiger partial charge in [-0.1, -0.05) is 11.6 Å². The van der Waals surface area contributed by atoms with Crippen molar-refractivity contribution in [3.8, 4) is 11.3 Å². The highest BCUT2D eigenvalue weighted by molar-refractivity contribution is 6.31. The van der Waals surface area contributed by atoms with Crippen LogP contribution in [-0.2, 0) is 18.3 Å². The van der Waals surface area contributed by atoms with E-state index in [1.54, 1.807) is 0 Å². The summed E-state index contributed by atoms with van der Waals surface area (Å²) < 4.78 is 7.45. The first-order chi connectivity index (χ1) is 15.6. The number of nitrogens with zero attached hydrogens (tertiary/aromatic N) is 3. The molecule has 1 saturated heterocycles. The van der Waals surface area contributed by atoms with Crippen molar-refractivity contribution >= 4 is 34.3 Å². The number of carbonyl (C=O) groups excluding carboxylic acids is 1. The Labute approximate surface area is 199 Å². The molecule has 0 unspecified atom stereocenters. The van der Waals surface area contributed by atoms with E-state index in [-0.39, 0.29) is 12.1 Å². The Kier molecular flexibility index (Phi) is 6.54. The summed E-state index contributed by atoms with van der Waals surface area (Å²) in [5.74, 6) is 0. The van der Waals surface area contributed by atoms with Crippen LogP contribution < -0.4 is 11.1 Å². The van der Waals surface area contributed by atoms with Gasteiger partial charge in [-0.05, 0) is 63.4 Å². The molecule has 33 heavy (non-hydrogen) atoms. The fourth-order valence-corrected chi connectivity index (χ4v) is 4.63. The number of anilines is 1. The van der Waals surface area contributed by atoms with E-state index < -0.39 is 5.60 Å². The highest BCUT2D eigenvalue weighted by Gasteiger charge is 2.24. The van der Waals surface area contributed by atoms with Gasteiger partial charge in [-0.3, -0.25) is 9.88 Å². The predicted octanol–water partition coefficient (Wildman–Crippen LogP) is 4.97. The molecule has 176 valence electrons. The minimum absolute atomic E-state index is 0.142. The molecule has 0 atom stereocenters. The van der Waals surface area contributed by atoms with E-state index in [4.69, 9.17) is 22.1 Å². The number of carbonyl (C=O) groups is 1. The normalized spacial score (nSPS) is 15.7. The first-order valence-corrected chi connectivity index (χ1v) is 11.7. The molecule has 1 aliphatic rings. The summed E-state index contributed by atoms with van der Waals surface area (Å²) >= 11 is 6.20. The van der Waals surface area contributed by atoms with Crippen LogP contribution in [0, 0.1) is 0 Å². The monoisotopic (exact) mass is 469 g/mol. The number of nitrogens with two attached hydrogens (primary N) is 1. The van der Waals surface area contributed by atoms with Gasteiger partial charge in [0.2, 0.25) is 0 Å². The number of halogens is 1. The Morgan fingerprint density at radius 3 is 2.67 bits per heavy atom. The third kappa shape index (κ3) is 5.42. The Hall–Kier alpha value is -2.77. The molecule has 4 rings (SSSR count). The molecule has 0 radical (unpaired) electrons. The average molecular weight is 470 g/mol. The molecule has 1 amide bonds. The molecule has 8 heteroatoms. The van der Waals surface area contributed by atoms with Gasteiger partial charge < -0.3 is 20.4 Å². The lowest BCUT2D eigenvalue weighted by molar-refractivity contribution is 0.0477. The maximum absolute atomic E-state index is 12.0. The smallest absolute Gasteiger partial charge is 0.407 e. The molecule has 1 fully saturated rings. The molecule has 2 aromatic heterocycles. The topological polar surface area (TPSA) is 85.4 Å². The Morgan fingerprint density at radius 1 is 1.24 bits per heavy atom. The maximum Gasteiger partial charge on any atom is 0.407 e. The van der Waals surface area contributed by atoms with Crippen LogP contribution in [0.1, 0.15) is 39.2 Å². The van der Waals surface area contributed by atoms with Gasteiger partial charge >= 0.3 is 6.09 Å². The average Bonchev–Trinajstić information content (AvgIpc) is 2.98. The van der Waals surface area contributed by atoms with Crippen molar-refractivity contribution in [3.63, 3.8) is 0 Å². The van der Waals surface area contributed by atoms with Gasteiger partial charge in [-0.15, -0.1) is 0 Å². The number of alkyl carbamates (subject to hydrolysis) is 1. The van der Waals surface area contributed by atoms with Crippen molar-refractivity contribution in [3.05, 3.63) is 47.2 Å². The number of nitrogen functional groups attached to an aromatic ring is 1. The Morgan fingerprint density at radius 2 is 1.97 bits per heavy atom. The van der Waals surface area contributed by atoms with Crippen LogP contribution in [0.3, 0.4) is 0 Å². The van der Waals surface area contributed by atoms with E-state index in [1.807, 2.05) is 58.4 Å². The molecule has 0 saturated carbocycles. The molecule has 0 aliphatic carbocycles. The van der Waals surface area contributed by atoms with Gasteiger partial charge in [-0.25, -0.2) is 4.79 Å². The number of likely N-dealkylation sites (tertiary alicyclic amines) is 1. The van der Waals surface area contributed by atoms with Crippen molar-refractivity contribution in [2.24, 2.45) is 7.05 Å². The van der Waals surface area contributed by atoms with E-state index in [2.05, 4.69) is 25.8 Å². The summed E-state index contributed by atoms with van der Waals surface area (Å²) in [5, 5.41) is 4.67. The molecule has 1 aliphatic heterocycles. The minimum atomic E-state index is -0.483. The van der Waals surface area contributed by atoms with Gasteiger partial charge in [0.25, 0.3) is 0 Å². The lowest BCUT2D eigenvalue weighted by Gasteiger charge is -2.32. The largest absolute Gasteiger partial charge is 0.444 e. The van der Waals surface area contributed by atoms with E-state index in [9.17, 15) is 4.79 Å². The first kappa shape index (κ1) is 23.4. The molecule has 7 nitrogen and oxygen atoms in total. The number of hydrogen-bond donors (Lipinski definition) is 2. The standard InChI is InChI=1S/C25H32ClN5O2/c1-25(2,3)33-24(32)29-19-7-9-31(10-8-19)15-16-11-17(14-28-13-16)23-22(27)20-6-5-18(26)12-21(20)30(23)4/h5-6,11-14,19H,7-10,15,27H2,1-4H3,(H,29,32). The number of hydrogen-bond acceptors (Lipinski definition) is 5. The second kappa shape index (κ2) is 9.23. The van der Waals surface area contributed by atoms with Crippen LogP contribution in [-0.4, -0.2) is 45.3 Å². The van der Waals surface area contributed by atoms with Gasteiger partial charge in [-0.2, -0.15) is 0 Å². The predicted molar refractivity (Wildman–Crippen MR) is 133 cm³/mol. The van der Waals surface area contributed by atoms with Crippen molar-refractivity contribution < 1.29 is 9.53 Å². The molecule has 3 N–H and O–H groups in total. The van der Waals surface area contributed by atoms with Crippen LogP contribution in [0.5, 0.6) is 0 Å². The summed E-state index contributed by atoms with van der Waals surface area (Å²) in [7, 11) is 2.00. The minimum Gasteiger partial charge on any atom is -0.444 e. The highest BCUT2D eigenvalue weighted by Crippen LogP contribution is 2.36. The highest BCUT2D eigenvalue weighted by atomic mass is 35.5. The summed E-state index contributed by atoms with van der Waals surface area (Å²) in [6.07, 6.45) is 5.20. The van der Waals surface area contributed by atoms with Gasteiger partial charge in [0, 0.05) is 61.1 Å². The zero-order valence-corrected chi connectivity index (χ0v) is 20.4. The van der Waals surface area contributed by atoms with Crippen LogP contribution in [0.15, 0.2) is 36.7 Å². The second-order valence-corrected chi connectivity index (χ2v) is 10.2. The summed E-state index contributed by atoms with van der Waals surface area (Å²) in [4.78, 5) is 18.9. The van der Waals surface area contributed by atoms with Crippen LogP contribution >= 0.6 is 11.6 Å². The van der Waals surface area contributed by atoms with Crippen molar-refractivity contribution in [2.45, 2.75) is 51.8 Å². The van der Waals surface area contributed by atoms with E-state index in [1.165, 1.54) is 0 Å². The molecule has 3 aromatic rings. The molecule has 0 bridgehead atoms. The third-order valence-corrected chi connectivity index (χ3v) is 6.22. The summed E-state index contributed by atoms with van der Waals surface area (Å²) in [6, 6.07) is 8.06. The van der Waals surface area contributed by atoms with Gasteiger partial charge in [0.15, 0.2) is 0 Å². The summed E-state index contributed by atoms with van der Waals surface area (Å²) in [5.41, 5.74) is 10.8. The zero-order valence-electron chi connectivity index (χ0n) is 19.7. The molecule has 3 heterocycles. The van der Waals surface area contributed by atoms with Gasteiger partial charge in [0.05, 0.1) is 16.9 Å². The number of nitrogens with one attached hydrogen (secondary N) is 1. The number of piperidine rings is 1. The third-order valence-electron chi connectivity index (χ3n) is 5.98. The van der Waals surface area contributed by atoms with E-state index in [0.717, 1.165) is 65.9 Å². The number of aromatic nitrogens is 2. The van der Waals surface area contributed by atoms with Crippen LogP contribution in [0.25, 0.3) is 22.2 Å². The van der Waals surface area contributed by atoms with Gasteiger partial charge in [0.1, 0.15) is 5.60 Å². The molecular formula is C25H32ClN5O2. The quantitative estimate of drug-likeness (QED) is 0.563. The fourth-order valence-electron chi connectivity index (χ4n) is 4.46. The Balaban J connectivity index is 1.42. The van der Waals surface area contributed by atoms with E-state index in [0.29, 0.717) is 5.02 Å². The number of aryl methyl sites for hydroxylation is 1. The molecular weight excluding hydrogens is 438 g/mol. The fraction of sp³-hybridized carbons (Fsp3) is 0.440. The SMILES string of the molecule is Cn1c(-c2cncc(CN3CCC(NC(=O)OC(C)(C)C)CC3)c2)c(N)c2ccc(Cl)cc21. The van der Waals surface area contributed by atoms with Crippen LogP contribution in [0.2, 0.25) is 5.02 Å². The molecule has 1 aromatic carbocycles. The lowest BCUT2D eigenvalue weighted by atomic mass is 10.0. The van der Waals surface area contributed by atoms with Crippen molar-refractivity contribution in [1.82, 2.24) is 19.8 Å². The lowest BCUT2D eigenvalue weighted by Crippen LogP contribution is -2.45. The number of amides is 1. The number of pyridine rings is 1. The number of benzene rings is 1. The second-order valence-electron chi connectivity index (χ2n) is 9.76. The van der Waals surface area contributed by atoms with E-state index >= 15 is 0 Å². The number of rotatable bonds is 4. The van der Waals surface area contributed by atoms with Crippen LogP contribution in [0.4, 0.5) is 10.5 Å². The number of fused-ring (bicyclic) bond motifs is 1. The zero-order chi connectivity index (χ0) is 23.8. The number of ether oxygens (including phenoxy) is 1. The maximum atomic E-state index is 12.0. The van der Waals surface area contributed by atoms with Crippen molar-refractivity contribution in [2.75, 3.05) is 18.8 Å².